The van der Waals surface area contributed by atoms with Gasteiger partial charge in [-0.05, 0) is 5.92 Å². The molecule has 0 atom stereocenters. The Morgan fingerprint density at radius 3 is 2.50 bits per heavy atom. The van der Waals surface area contributed by atoms with Crippen LogP contribution >= 0.6 is 0 Å². The highest BCUT2D eigenvalue weighted by Crippen LogP contribution is 2.05. The maximum absolute atomic E-state index is 11.8. The zero-order valence-corrected chi connectivity index (χ0v) is 14.7. The maximum atomic E-state index is 11.8. The number of carbonyl (C=O) groups is 1. The summed E-state index contributed by atoms with van der Waals surface area (Å²) in [5, 5.41) is 2.85. The highest BCUT2D eigenvalue weighted by atomic mass is 32.2. The number of sulfonamides is 1. The molecular formula is C14H29N3O4S. The van der Waals surface area contributed by atoms with Gasteiger partial charge in [0.25, 0.3) is 0 Å². The third-order valence-electron chi connectivity index (χ3n) is 3.48. The highest BCUT2D eigenvalue weighted by Gasteiger charge is 2.19. The minimum atomic E-state index is -3.26. The largest absolute Gasteiger partial charge is 0.379 e. The van der Waals surface area contributed by atoms with Crippen molar-refractivity contribution in [3.05, 3.63) is 0 Å². The van der Waals surface area contributed by atoms with Gasteiger partial charge < -0.3 is 10.1 Å². The number of hydrogen-bond acceptors (Lipinski definition) is 5. The van der Waals surface area contributed by atoms with Gasteiger partial charge in [0.05, 0.1) is 19.5 Å². The zero-order chi connectivity index (χ0) is 16.6. The van der Waals surface area contributed by atoms with Gasteiger partial charge in [-0.2, -0.15) is 0 Å². The van der Waals surface area contributed by atoms with Crippen LogP contribution in [-0.2, 0) is 19.6 Å². The molecule has 1 aliphatic heterocycles. The summed E-state index contributed by atoms with van der Waals surface area (Å²) in [6, 6.07) is 0. The lowest BCUT2D eigenvalue weighted by atomic mass is 10.2. The molecule has 1 saturated heterocycles. The summed E-state index contributed by atoms with van der Waals surface area (Å²) < 4.78 is 30.0. The maximum Gasteiger partial charge on any atom is 0.221 e. The molecule has 22 heavy (non-hydrogen) atoms. The van der Waals surface area contributed by atoms with Crippen molar-refractivity contribution < 1.29 is 17.9 Å². The summed E-state index contributed by atoms with van der Waals surface area (Å²) in [5.74, 6) is 0.129. The van der Waals surface area contributed by atoms with Crippen LogP contribution < -0.4 is 5.32 Å². The first-order chi connectivity index (χ1) is 10.3. The van der Waals surface area contributed by atoms with Crippen LogP contribution in [0.15, 0.2) is 0 Å². The molecule has 130 valence electrons. The summed E-state index contributed by atoms with van der Waals surface area (Å²) in [7, 11) is -3.26. The number of morpholine rings is 1. The van der Waals surface area contributed by atoms with E-state index >= 15 is 0 Å². The second kappa shape index (κ2) is 9.44. The SMILES string of the molecule is CC(C)CN(CCC(=O)NCCN1CCOCC1)S(C)(=O)=O. The van der Waals surface area contributed by atoms with Crippen molar-refractivity contribution in [3.8, 4) is 0 Å². The molecule has 8 heteroatoms. The molecule has 0 aromatic rings. The van der Waals surface area contributed by atoms with Gasteiger partial charge in [0.15, 0.2) is 0 Å². The number of nitrogens with one attached hydrogen (secondary N) is 1. The van der Waals surface area contributed by atoms with E-state index in [1.807, 2.05) is 13.8 Å². The van der Waals surface area contributed by atoms with E-state index in [0.717, 1.165) is 32.8 Å². The summed E-state index contributed by atoms with van der Waals surface area (Å²) in [6.45, 7) is 9.26. The average Bonchev–Trinajstić information content (AvgIpc) is 2.43. The quantitative estimate of drug-likeness (QED) is 0.628. The minimum absolute atomic E-state index is 0.106. The van der Waals surface area contributed by atoms with Crippen LogP contribution in [0.3, 0.4) is 0 Å². The Morgan fingerprint density at radius 1 is 1.32 bits per heavy atom. The predicted molar refractivity (Wildman–Crippen MR) is 86.1 cm³/mol. The Balaban J connectivity index is 2.25. The van der Waals surface area contributed by atoms with Gasteiger partial charge in [-0.3, -0.25) is 9.69 Å². The molecule has 1 aliphatic rings. The molecule has 1 heterocycles. The van der Waals surface area contributed by atoms with Crippen molar-refractivity contribution in [3.63, 3.8) is 0 Å². The van der Waals surface area contributed by atoms with E-state index in [1.54, 1.807) is 0 Å². The topological polar surface area (TPSA) is 79.0 Å². The van der Waals surface area contributed by atoms with Gasteiger partial charge in [-0.25, -0.2) is 12.7 Å². The molecule has 1 rings (SSSR count). The fourth-order valence-electron chi connectivity index (χ4n) is 2.29. The first-order valence-corrected chi connectivity index (χ1v) is 9.66. The molecule has 1 N–H and O–H groups in total. The van der Waals surface area contributed by atoms with Crippen molar-refractivity contribution in [2.45, 2.75) is 20.3 Å². The molecule has 0 radical (unpaired) electrons. The van der Waals surface area contributed by atoms with E-state index in [1.165, 1.54) is 10.6 Å². The predicted octanol–water partition coefficient (Wildman–Crippen LogP) is -0.257. The molecule has 0 aromatic heterocycles. The van der Waals surface area contributed by atoms with E-state index in [4.69, 9.17) is 4.74 Å². The van der Waals surface area contributed by atoms with Crippen LogP contribution in [0.2, 0.25) is 0 Å². The highest BCUT2D eigenvalue weighted by molar-refractivity contribution is 7.88. The van der Waals surface area contributed by atoms with Gasteiger partial charge in [0.2, 0.25) is 15.9 Å². The summed E-state index contributed by atoms with van der Waals surface area (Å²) in [4.78, 5) is 14.1. The number of hydrogen-bond donors (Lipinski definition) is 1. The van der Waals surface area contributed by atoms with E-state index in [2.05, 4.69) is 10.2 Å². The number of ether oxygens (including phenoxy) is 1. The van der Waals surface area contributed by atoms with E-state index in [-0.39, 0.29) is 24.8 Å². The Bertz CT molecular complexity index is 433. The number of amides is 1. The van der Waals surface area contributed by atoms with E-state index < -0.39 is 10.0 Å². The molecule has 0 unspecified atom stereocenters. The number of rotatable bonds is 9. The molecule has 7 nitrogen and oxygen atoms in total. The fourth-order valence-corrected chi connectivity index (χ4v) is 3.28. The standard InChI is InChI=1S/C14H29N3O4S/c1-13(2)12-17(22(3,19)20)6-4-14(18)15-5-7-16-8-10-21-11-9-16/h13H,4-12H2,1-3H3,(H,15,18). The lowest BCUT2D eigenvalue weighted by Gasteiger charge is -2.26. The van der Waals surface area contributed by atoms with Crippen LogP contribution in [0.4, 0.5) is 0 Å². The molecule has 0 saturated carbocycles. The lowest BCUT2D eigenvalue weighted by Crippen LogP contribution is -2.42. The Morgan fingerprint density at radius 2 is 1.95 bits per heavy atom. The molecular weight excluding hydrogens is 306 g/mol. The van der Waals surface area contributed by atoms with Crippen molar-refractivity contribution in [2.75, 3.05) is 58.7 Å². The summed E-state index contributed by atoms with van der Waals surface area (Å²) in [5.41, 5.74) is 0. The second-order valence-electron chi connectivity index (χ2n) is 6.07. The Labute approximate surface area is 134 Å². The Kier molecular flexibility index (Phi) is 8.30. The van der Waals surface area contributed by atoms with Gasteiger partial charge in [-0.15, -0.1) is 0 Å². The third kappa shape index (κ3) is 8.07. The van der Waals surface area contributed by atoms with E-state index in [9.17, 15) is 13.2 Å². The van der Waals surface area contributed by atoms with Crippen LogP contribution in [0.5, 0.6) is 0 Å². The van der Waals surface area contributed by atoms with Crippen LogP contribution in [0.1, 0.15) is 20.3 Å². The average molecular weight is 335 g/mol. The van der Waals surface area contributed by atoms with Crippen LogP contribution in [0, 0.1) is 5.92 Å². The number of carbonyl (C=O) groups excluding carboxylic acids is 1. The van der Waals surface area contributed by atoms with Crippen molar-refractivity contribution in [2.24, 2.45) is 5.92 Å². The summed E-state index contributed by atoms with van der Waals surface area (Å²) in [6.07, 6.45) is 1.38. The molecule has 0 spiro atoms. The molecule has 0 aromatic carbocycles. The van der Waals surface area contributed by atoms with Crippen molar-refractivity contribution >= 4 is 15.9 Å². The second-order valence-corrected chi connectivity index (χ2v) is 8.05. The number of nitrogens with zero attached hydrogens (tertiary/aromatic N) is 2. The first-order valence-electron chi connectivity index (χ1n) is 7.81. The molecule has 0 aliphatic carbocycles. The third-order valence-corrected chi connectivity index (χ3v) is 4.75. The fraction of sp³-hybridized carbons (Fsp3) is 0.929. The van der Waals surface area contributed by atoms with Gasteiger partial charge in [0, 0.05) is 45.7 Å². The minimum Gasteiger partial charge on any atom is -0.379 e. The zero-order valence-electron chi connectivity index (χ0n) is 13.9. The van der Waals surface area contributed by atoms with Crippen LogP contribution in [0.25, 0.3) is 0 Å². The van der Waals surface area contributed by atoms with Gasteiger partial charge >= 0.3 is 0 Å². The lowest BCUT2D eigenvalue weighted by molar-refractivity contribution is -0.121. The Hall–Kier alpha value is -0.700. The molecule has 1 amide bonds. The summed E-state index contributed by atoms with van der Waals surface area (Å²) >= 11 is 0. The molecule has 1 fully saturated rings. The smallest absolute Gasteiger partial charge is 0.221 e. The van der Waals surface area contributed by atoms with Crippen LogP contribution in [-0.4, -0.2) is 82.3 Å². The van der Waals surface area contributed by atoms with E-state index in [0.29, 0.717) is 13.1 Å². The van der Waals surface area contributed by atoms with Crippen molar-refractivity contribution in [1.82, 2.24) is 14.5 Å². The first kappa shape index (κ1) is 19.3. The molecule has 0 bridgehead atoms. The van der Waals surface area contributed by atoms with Crippen molar-refractivity contribution in [1.29, 1.82) is 0 Å². The van der Waals surface area contributed by atoms with Gasteiger partial charge in [0.1, 0.15) is 0 Å². The van der Waals surface area contributed by atoms with Gasteiger partial charge in [-0.1, -0.05) is 13.8 Å². The monoisotopic (exact) mass is 335 g/mol. The normalized spacial score (nSPS) is 17.1.